The summed E-state index contributed by atoms with van der Waals surface area (Å²) in [5, 5.41) is 8.82. The fourth-order valence-electron chi connectivity index (χ4n) is 6.65. The predicted octanol–water partition coefficient (Wildman–Crippen LogP) is 12.1. The second-order valence-corrected chi connectivity index (χ2v) is 11.9. The lowest BCUT2D eigenvalue weighted by atomic mass is 9.85. The molecule has 2 heteroatoms. The van der Waals surface area contributed by atoms with E-state index >= 15 is 0 Å². The van der Waals surface area contributed by atoms with Crippen molar-refractivity contribution in [3.05, 3.63) is 146 Å². The Bertz CT molecular complexity index is 2390. The van der Waals surface area contributed by atoms with Crippen LogP contribution in [-0.2, 0) is 0 Å². The molecular weight excluding hydrogens is 529 g/mol. The Balaban J connectivity index is 1.38. The summed E-state index contributed by atoms with van der Waals surface area (Å²) in [6.07, 6.45) is 0. The summed E-state index contributed by atoms with van der Waals surface area (Å²) in [7, 11) is 0. The van der Waals surface area contributed by atoms with Crippen molar-refractivity contribution in [3.63, 3.8) is 0 Å². The SMILES string of the molecule is c1ccc(-c2cc3cc4c(cc3o2)sc2cccc(-c3c5ccccc5c(-c5ccccc5)c5ccccc35)c24)cc1. The maximum absolute atomic E-state index is 6.35. The molecule has 42 heavy (non-hydrogen) atoms. The van der Waals surface area contributed by atoms with Crippen LogP contribution >= 0.6 is 11.3 Å². The van der Waals surface area contributed by atoms with Crippen LogP contribution in [0.1, 0.15) is 0 Å². The number of fused-ring (bicyclic) bond motifs is 6. The minimum absolute atomic E-state index is 0.904. The van der Waals surface area contributed by atoms with E-state index < -0.39 is 0 Å². The first-order valence-corrected chi connectivity index (χ1v) is 15.1. The number of hydrogen-bond acceptors (Lipinski definition) is 2. The smallest absolute Gasteiger partial charge is 0.136 e. The molecule has 2 heterocycles. The van der Waals surface area contributed by atoms with Gasteiger partial charge in [0.25, 0.3) is 0 Å². The molecule has 0 aliphatic rings. The van der Waals surface area contributed by atoms with Crippen LogP contribution in [0.5, 0.6) is 0 Å². The Morgan fingerprint density at radius 2 is 1.02 bits per heavy atom. The van der Waals surface area contributed by atoms with Crippen LogP contribution in [0.4, 0.5) is 0 Å². The van der Waals surface area contributed by atoms with Crippen molar-refractivity contribution in [2.45, 2.75) is 0 Å². The van der Waals surface area contributed by atoms with Gasteiger partial charge in [-0.05, 0) is 68.1 Å². The van der Waals surface area contributed by atoms with Crippen molar-refractivity contribution in [2.75, 3.05) is 0 Å². The summed E-state index contributed by atoms with van der Waals surface area (Å²) in [6, 6.07) is 52.4. The lowest BCUT2D eigenvalue weighted by molar-refractivity contribution is 0.632. The summed E-state index contributed by atoms with van der Waals surface area (Å²) in [5.74, 6) is 0.904. The molecule has 0 saturated heterocycles. The number of benzene rings is 7. The number of rotatable bonds is 3. The predicted molar refractivity (Wildman–Crippen MR) is 180 cm³/mol. The van der Waals surface area contributed by atoms with Gasteiger partial charge in [0.15, 0.2) is 0 Å². The topological polar surface area (TPSA) is 13.1 Å². The van der Waals surface area contributed by atoms with Gasteiger partial charge >= 0.3 is 0 Å². The minimum Gasteiger partial charge on any atom is -0.456 e. The van der Waals surface area contributed by atoms with E-state index in [1.807, 2.05) is 17.4 Å². The molecule has 0 N–H and O–H groups in total. The highest BCUT2D eigenvalue weighted by Gasteiger charge is 2.20. The molecule has 0 fully saturated rings. The van der Waals surface area contributed by atoms with Crippen molar-refractivity contribution in [3.8, 4) is 33.6 Å². The van der Waals surface area contributed by atoms with Crippen LogP contribution in [-0.4, -0.2) is 0 Å². The maximum atomic E-state index is 6.35. The van der Waals surface area contributed by atoms with Crippen molar-refractivity contribution in [2.24, 2.45) is 0 Å². The molecule has 0 aliphatic heterocycles. The Morgan fingerprint density at radius 3 is 1.69 bits per heavy atom. The molecular formula is C40H24OS. The zero-order valence-electron chi connectivity index (χ0n) is 22.7. The van der Waals surface area contributed by atoms with E-state index in [1.165, 1.54) is 64.0 Å². The molecule has 7 aromatic carbocycles. The van der Waals surface area contributed by atoms with E-state index in [9.17, 15) is 0 Å². The minimum atomic E-state index is 0.904. The second-order valence-electron chi connectivity index (χ2n) is 10.9. The Kier molecular flexibility index (Phi) is 5.13. The average molecular weight is 553 g/mol. The van der Waals surface area contributed by atoms with E-state index in [4.69, 9.17) is 4.42 Å². The van der Waals surface area contributed by atoms with Gasteiger partial charge in [0.1, 0.15) is 11.3 Å². The highest BCUT2D eigenvalue weighted by Crippen LogP contribution is 2.48. The lowest BCUT2D eigenvalue weighted by Crippen LogP contribution is -1.91. The van der Waals surface area contributed by atoms with Gasteiger partial charge in [0.2, 0.25) is 0 Å². The van der Waals surface area contributed by atoms with Crippen molar-refractivity contribution in [1.29, 1.82) is 0 Å². The van der Waals surface area contributed by atoms with Gasteiger partial charge in [-0.1, -0.05) is 121 Å². The Hall–Kier alpha value is -5.18. The van der Waals surface area contributed by atoms with Crippen LogP contribution in [0.25, 0.3) is 86.3 Å². The molecule has 0 saturated carbocycles. The van der Waals surface area contributed by atoms with E-state index in [0.29, 0.717) is 0 Å². The third-order valence-corrected chi connectivity index (χ3v) is 9.57. The molecule has 196 valence electrons. The molecule has 0 spiro atoms. The molecule has 0 amide bonds. The van der Waals surface area contributed by atoms with E-state index in [2.05, 4.69) is 140 Å². The van der Waals surface area contributed by atoms with Crippen LogP contribution in [0.15, 0.2) is 150 Å². The monoisotopic (exact) mass is 552 g/mol. The highest BCUT2D eigenvalue weighted by atomic mass is 32.1. The fraction of sp³-hybridized carbons (Fsp3) is 0. The van der Waals surface area contributed by atoms with E-state index in [-0.39, 0.29) is 0 Å². The van der Waals surface area contributed by atoms with Crippen LogP contribution in [0.2, 0.25) is 0 Å². The molecule has 2 aromatic heterocycles. The number of thiophene rings is 1. The van der Waals surface area contributed by atoms with Gasteiger partial charge in [0.05, 0.1) is 0 Å². The van der Waals surface area contributed by atoms with Gasteiger partial charge in [-0.25, -0.2) is 0 Å². The first-order chi connectivity index (χ1) is 20.8. The molecule has 0 bridgehead atoms. The first kappa shape index (κ1) is 23.5. The zero-order valence-corrected chi connectivity index (χ0v) is 23.5. The van der Waals surface area contributed by atoms with Gasteiger partial charge in [-0.3, -0.25) is 0 Å². The second kappa shape index (κ2) is 9.17. The number of hydrogen-bond donors (Lipinski definition) is 0. The third-order valence-electron chi connectivity index (χ3n) is 8.46. The molecule has 9 rings (SSSR count). The maximum Gasteiger partial charge on any atom is 0.136 e. The summed E-state index contributed by atoms with van der Waals surface area (Å²) in [6.45, 7) is 0. The molecule has 9 aromatic rings. The highest BCUT2D eigenvalue weighted by molar-refractivity contribution is 7.26. The molecule has 0 unspecified atom stereocenters. The van der Waals surface area contributed by atoms with Gasteiger partial charge in [-0.2, -0.15) is 0 Å². The molecule has 1 nitrogen and oxygen atoms in total. The van der Waals surface area contributed by atoms with Crippen molar-refractivity contribution < 1.29 is 4.42 Å². The summed E-state index contributed by atoms with van der Waals surface area (Å²) in [5.41, 5.74) is 7.13. The van der Waals surface area contributed by atoms with E-state index in [1.54, 1.807) is 0 Å². The molecule has 0 radical (unpaired) electrons. The number of furan rings is 1. The summed E-state index contributed by atoms with van der Waals surface area (Å²) < 4.78 is 8.88. The van der Waals surface area contributed by atoms with Crippen molar-refractivity contribution >= 4 is 64.0 Å². The first-order valence-electron chi connectivity index (χ1n) is 14.3. The zero-order chi connectivity index (χ0) is 27.6. The molecule has 0 aliphatic carbocycles. The van der Waals surface area contributed by atoms with Gasteiger partial charge in [0, 0.05) is 31.1 Å². The lowest BCUT2D eigenvalue weighted by Gasteiger charge is -2.18. The standard InChI is InChI=1S/C40H24OS/c1-3-12-25(13-4-1)34-23-27-22-33-37(24-35(27)41-34)42-36-21-11-20-32(40(33)36)39-30-18-9-7-16-28(30)38(26-14-5-2-6-15-26)29-17-8-10-19-31(29)39/h1-24H. The third kappa shape index (κ3) is 3.49. The Morgan fingerprint density at radius 1 is 0.429 bits per heavy atom. The summed E-state index contributed by atoms with van der Waals surface area (Å²) in [4.78, 5) is 0. The van der Waals surface area contributed by atoms with E-state index in [0.717, 1.165) is 22.3 Å². The summed E-state index contributed by atoms with van der Waals surface area (Å²) >= 11 is 1.84. The molecule has 0 atom stereocenters. The van der Waals surface area contributed by atoms with Gasteiger partial charge in [-0.15, -0.1) is 11.3 Å². The average Bonchev–Trinajstić information content (AvgIpc) is 3.64. The quantitative estimate of drug-likeness (QED) is 0.199. The largest absolute Gasteiger partial charge is 0.456 e. The van der Waals surface area contributed by atoms with Crippen LogP contribution in [0.3, 0.4) is 0 Å². The van der Waals surface area contributed by atoms with Gasteiger partial charge < -0.3 is 4.42 Å². The normalized spacial score (nSPS) is 11.8. The van der Waals surface area contributed by atoms with Crippen molar-refractivity contribution in [1.82, 2.24) is 0 Å². The fourth-order valence-corrected chi connectivity index (χ4v) is 7.79. The Labute approximate surface area is 246 Å². The van der Waals surface area contributed by atoms with Crippen LogP contribution in [0, 0.1) is 0 Å². The van der Waals surface area contributed by atoms with Crippen LogP contribution < -0.4 is 0 Å².